The molecule has 2 N–H and O–H groups in total. The third-order valence-electron chi connectivity index (χ3n) is 2.59. The maximum Gasteiger partial charge on any atom is 0.237 e. The van der Waals surface area contributed by atoms with Gasteiger partial charge in [0.05, 0.1) is 17.1 Å². The lowest BCUT2D eigenvalue weighted by atomic mass is 10.1. The highest BCUT2D eigenvalue weighted by atomic mass is 32.2. The van der Waals surface area contributed by atoms with Crippen molar-refractivity contribution >= 4 is 29.0 Å². The summed E-state index contributed by atoms with van der Waals surface area (Å²) in [6.07, 6.45) is 2.85. The Balaban J connectivity index is 2.31. The van der Waals surface area contributed by atoms with Crippen LogP contribution in [0.4, 0.5) is 11.4 Å². The summed E-state index contributed by atoms with van der Waals surface area (Å²) in [5.41, 5.74) is 8.72. The van der Waals surface area contributed by atoms with E-state index in [2.05, 4.69) is 0 Å². The normalized spacial score (nSPS) is 14.1. The molecule has 0 aromatic heterocycles. The second kappa shape index (κ2) is 4.14. The average Bonchev–Trinajstić information content (AvgIpc) is 2.63. The smallest absolute Gasteiger partial charge is 0.237 e. The van der Waals surface area contributed by atoms with Crippen LogP contribution in [0, 0.1) is 0 Å². The van der Waals surface area contributed by atoms with Gasteiger partial charge in [0.25, 0.3) is 0 Å². The van der Waals surface area contributed by atoms with E-state index in [1.807, 2.05) is 24.5 Å². The van der Waals surface area contributed by atoms with Crippen LogP contribution >= 0.6 is 11.8 Å². The SMILES string of the molecule is CSCC(=O)N1CCc2cccc(N)c21. The Labute approximate surface area is 93.6 Å². The maximum absolute atomic E-state index is 11.8. The van der Waals surface area contributed by atoms with E-state index >= 15 is 0 Å². The third-order valence-corrected chi connectivity index (χ3v) is 3.13. The molecule has 15 heavy (non-hydrogen) atoms. The van der Waals surface area contributed by atoms with E-state index in [1.54, 1.807) is 16.7 Å². The molecule has 0 spiro atoms. The van der Waals surface area contributed by atoms with Gasteiger partial charge in [-0.25, -0.2) is 0 Å². The van der Waals surface area contributed by atoms with Gasteiger partial charge in [-0.1, -0.05) is 12.1 Å². The van der Waals surface area contributed by atoms with Crippen molar-refractivity contribution in [1.82, 2.24) is 0 Å². The van der Waals surface area contributed by atoms with Crippen molar-refractivity contribution in [2.45, 2.75) is 6.42 Å². The number of carbonyl (C=O) groups is 1. The second-order valence-corrected chi connectivity index (χ2v) is 4.45. The monoisotopic (exact) mass is 222 g/mol. The minimum atomic E-state index is 0.152. The number of carbonyl (C=O) groups excluding carboxylic acids is 1. The Morgan fingerprint density at radius 2 is 2.40 bits per heavy atom. The quantitative estimate of drug-likeness (QED) is 0.772. The molecule has 2 rings (SSSR count). The van der Waals surface area contributed by atoms with Crippen LogP contribution in [-0.4, -0.2) is 24.5 Å². The summed E-state index contributed by atoms with van der Waals surface area (Å²) < 4.78 is 0. The van der Waals surface area contributed by atoms with E-state index in [0.29, 0.717) is 11.4 Å². The molecule has 1 aromatic carbocycles. The minimum absolute atomic E-state index is 0.152. The number of fused-ring (bicyclic) bond motifs is 1. The zero-order valence-electron chi connectivity index (χ0n) is 8.69. The van der Waals surface area contributed by atoms with Gasteiger partial charge in [0.1, 0.15) is 0 Å². The number of nitrogen functional groups attached to an aromatic ring is 1. The van der Waals surface area contributed by atoms with Gasteiger partial charge in [-0.3, -0.25) is 4.79 Å². The fourth-order valence-corrected chi connectivity index (χ4v) is 2.34. The Morgan fingerprint density at radius 3 is 3.13 bits per heavy atom. The van der Waals surface area contributed by atoms with Gasteiger partial charge < -0.3 is 10.6 Å². The van der Waals surface area contributed by atoms with Crippen LogP contribution in [-0.2, 0) is 11.2 Å². The van der Waals surface area contributed by atoms with E-state index < -0.39 is 0 Å². The van der Waals surface area contributed by atoms with Crippen molar-refractivity contribution < 1.29 is 4.79 Å². The number of nitrogens with zero attached hydrogens (tertiary/aromatic N) is 1. The number of nitrogens with two attached hydrogens (primary N) is 1. The Hall–Kier alpha value is -1.16. The van der Waals surface area contributed by atoms with Crippen LogP contribution < -0.4 is 10.6 Å². The van der Waals surface area contributed by atoms with Crippen LogP contribution in [0.25, 0.3) is 0 Å². The van der Waals surface area contributed by atoms with Gasteiger partial charge in [0, 0.05) is 6.54 Å². The summed E-state index contributed by atoms with van der Waals surface area (Å²) in [6, 6.07) is 5.83. The largest absolute Gasteiger partial charge is 0.397 e. The number of para-hydroxylation sites is 1. The first-order valence-electron chi connectivity index (χ1n) is 4.90. The fourth-order valence-electron chi connectivity index (χ4n) is 1.94. The van der Waals surface area contributed by atoms with Gasteiger partial charge in [0.15, 0.2) is 0 Å². The molecule has 1 amide bonds. The molecule has 1 aromatic rings. The molecule has 0 unspecified atom stereocenters. The lowest BCUT2D eigenvalue weighted by molar-refractivity contribution is -0.116. The van der Waals surface area contributed by atoms with Crippen LogP contribution in [0.5, 0.6) is 0 Å². The van der Waals surface area contributed by atoms with Crippen LogP contribution in [0.3, 0.4) is 0 Å². The van der Waals surface area contributed by atoms with Gasteiger partial charge in [-0.15, -0.1) is 0 Å². The van der Waals surface area contributed by atoms with Gasteiger partial charge >= 0.3 is 0 Å². The Morgan fingerprint density at radius 1 is 1.60 bits per heavy atom. The summed E-state index contributed by atoms with van der Waals surface area (Å²) in [5.74, 6) is 0.674. The highest BCUT2D eigenvalue weighted by Crippen LogP contribution is 2.33. The van der Waals surface area contributed by atoms with E-state index in [0.717, 1.165) is 18.7 Å². The number of benzene rings is 1. The minimum Gasteiger partial charge on any atom is -0.397 e. The molecule has 0 fully saturated rings. The number of amides is 1. The topological polar surface area (TPSA) is 46.3 Å². The van der Waals surface area contributed by atoms with Crippen molar-refractivity contribution in [2.75, 3.05) is 29.2 Å². The molecule has 0 saturated heterocycles. The fraction of sp³-hybridized carbons (Fsp3) is 0.364. The molecule has 0 atom stereocenters. The standard InChI is InChI=1S/C11H14N2OS/c1-15-7-10(14)13-6-5-8-3-2-4-9(12)11(8)13/h2-4H,5-7,12H2,1H3. The van der Waals surface area contributed by atoms with Crippen LogP contribution in [0.2, 0.25) is 0 Å². The number of thioether (sulfide) groups is 1. The number of rotatable bonds is 2. The number of hydrogen-bond acceptors (Lipinski definition) is 3. The molecule has 3 nitrogen and oxygen atoms in total. The summed E-state index contributed by atoms with van der Waals surface area (Å²) in [6.45, 7) is 0.767. The van der Waals surface area contributed by atoms with Crippen LogP contribution in [0.15, 0.2) is 18.2 Å². The van der Waals surface area contributed by atoms with Crippen molar-refractivity contribution in [1.29, 1.82) is 0 Å². The zero-order valence-corrected chi connectivity index (χ0v) is 9.51. The second-order valence-electron chi connectivity index (χ2n) is 3.58. The Bertz CT molecular complexity index is 392. The van der Waals surface area contributed by atoms with E-state index in [-0.39, 0.29) is 5.91 Å². The molecule has 80 valence electrons. The first-order chi connectivity index (χ1) is 7.24. The summed E-state index contributed by atoms with van der Waals surface area (Å²) in [5, 5.41) is 0. The van der Waals surface area contributed by atoms with Gasteiger partial charge in [-0.05, 0) is 24.3 Å². The van der Waals surface area contributed by atoms with Gasteiger partial charge in [0.2, 0.25) is 5.91 Å². The summed E-state index contributed by atoms with van der Waals surface area (Å²) >= 11 is 1.55. The van der Waals surface area contributed by atoms with Crippen molar-refractivity contribution in [2.24, 2.45) is 0 Å². The molecule has 4 heteroatoms. The molecule has 1 aliphatic heterocycles. The van der Waals surface area contributed by atoms with Crippen LogP contribution in [0.1, 0.15) is 5.56 Å². The van der Waals surface area contributed by atoms with E-state index in [4.69, 9.17) is 5.73 Å². The molecule has 1 aliphatic rings. The average molecular weight is 222 g/mol. The predicted octanol–water partition coefficient (Wildman–Crippen LogP) is 1.52. The van der Waals surface area contributed by atoms with Gasteiger partial charge in [-0.2, -0.15) is 11.8 Å². The molecule has 0 bridgehead atoms. The third kappa shape index (κ3) is 1.81. The molecule has 1 heterocycles. The lowest BCUT2D eigenvalue weighted by Crippen LogP contribution is -2.30. The predicted molar refractivity (Wildman–Crippen MR) is 65.3 cm³/mol. The number of hydrogen-bond donors (Lipinski definition) is 1. The van der Waals surface area contributed by atoms with E-state index in [9.17, 15) is 4.79 Å². The lowest BCUT2D eigenvalue weighted by Gasteiger charge is -2.18. The Kier molecular flexibility index (Phi) is 2.86. The van der Waals surface area contributed by atoms with Crippen molar-refractivity contribution in [3.05, 3.63) is 23.8 Å². The maximum atomic E-state index is 11.8. The highest BCUT2D eigenvalue weighted by molar-refractivity contribution is 7.99. The van der Waals surface area contributed by atoms with Crippen molar-refractivity contribution in [3.63, 3.8) is 0 Å². The zero-order chi connectivity index (χ0) is 10.8. The first kappa shape index (κ1) is 10.4. The highest BCUT2D eigenvalue weighted by Gasteiger charge is 2.25. The molecule has 0 saturated carbocycles. The first-order valence-corrected chi connectivity index (χ1v) is 6.30. The molecule has 0 aliphatic carbocycles. The summed E-state index contributed by atoms with van der Waals surface area (Å²) in [4.78, 5) is 13.6. The summed E-state index contributed by atoms with van der Waals surface area (Å²) in [7, 11) is 0. The van der Waals surface area contributed by atoms with Crippen molar-refractivity contribution in [3.8, 4) is 0 Å². The molecule has 0 radical (unpaired) electrons. The molecular weight excluding hydrogens is 208 g/mol. The number of anilines is 2. The molecular formula is C11H14N2OS. The van der Waals surface area contributed by atoms with E-state index in [1.165, 1.54) is 5.56 Å².